The van der Waals surface area contributed by atoms with E-state index in [1.54, 1.807) is 18.2 Å². The highest BCUT2D eigenvalue weighted by atomic mass is 16.4. The SMILES string of the molecule is CC(=O)c1nc2cc(CC#N)ccc2o1. The maximum atomic E-state index is 11.0. The minimum absolute atomic E-state index is 0.110. The highest BCUT2D eigenvalue weighted by molar-refractivity contribution is 5.92. The van der Waals surface area contributed by atoms with Crippen LogP contribution in [0.5, 0.6) is 0 Å². The highest BCUT2D eigenvalue weighted by Crippen LogP contribution is 2.17. The van der Waals surface area contributed by atoms with Crippen LogP contribution >= 0.6 is 0 Å². The predicted molar refractivity (Wildman–Crippen MR) is 53.3 cm³/mol. The molecule has 0 amide bonds. The van der Waals surface area contributed by atoms with Crippen molar-refractivity contribution in [2.75, 3.05) is 0 Å². The maximum absolute atomic E-state index is 11.0. The van der Waals surface area contributed by atoms with Crippen molar-refractivity contribution in [3.05, 3.63) is 29.7 Å². The average Bonchev–Trinajstić information content (AvgIpc) is 2.61. The Bertz CT molecular complexity index is 563. The normalized spacial score (nSPS) is 10.1. The molecule has 1 heterocycles. The molecule has 4 nitrogen and oxygen atoms in total. The van der Waals surface area contributed by atoms with E-state index in [2.05, 4.69) is 11.1 Å². The van der Waals surface area contributed by atoms with Crippen LogP contribution in [-0.4, -0.2) is 10.8 Å². The summed E-state index contributed by atoms with van der Waals surface area (Å²) in [5.41, 5.74) is 2.06. The van der Waals surface area contributed by atoms with E-state index in [1.165, 1.54) is 6.92 Å². The third-order valence-corrected chi connectivity index (χ3v) is 2.04. The van der Waals surface area contributed by atoms with E-state index in [1.807, 2.05) is 0 Å². The average molecular weight is 200 g/mol. The molecule has 0 radical (unpaired) electrons. The molecule has 1 aromatic heterocycles. The molecule has 74 valence electrons. The van der Waals surface area contributed by atoms with E-state index in [0.29, 0.717) is 17.5 Å². The first-order chi connectivity index (χ1) is 7.20. The van der Waals surface area contributed by atoms with Gasteiger partial charge in [-0.2, -0.15) is 5.26 Å². The first kappa shape index (κ1) is 9.41. The quantitative estimate of drug-likeness (QED) is 0.696. The van der Waals surface area contributed by atoms with E-state index in [0.717, 1.165) is 5.56 Å². The number of hydrogen-bond acceptors (Lipinski definition) is 4. The lowest BCUT2D eigenvalue weighted by Gasteiger charge is -1.91. The van der Waals surface area contributed by atoms with Gasteiger partial charge >= 0.3 is 0 Å². The Morgan fingerprint density at radius 3 is 3.07 bits per heavy atom. The Balaban J connectivity index is 2.53. The zero-order chi connectivity index (χ0) is 10.8. The largest absolute Gasteiger partial charge is 0.434 e. The van der Waals surface area contributed by atoms with Crippen LogP contribution < -0.4 is 0 Å². The van der Waals surface area contributed by atoms with Gasteiger partial charge in [0.05, 0.1) is 12.5 Å². The van der Waals surface area contributed by atoms with Crippen LogP contribution in [0.15, 0.2) is 22.6 Å². The lowest BCUT2D eigenvalue weighted by atomic mass is 10.1. The Kier molecular flexibility index (Phi) is 2.22. The van der Waals surface area contributed by atoms with Gasteiger partial charge in [-0.3, -0.25) is 4.79 Å². The first-order valence-electron chi connectivity index (χ1n) is 4.48. The number of rotatable bonds is 2. The van der Waals surface area contributed by atoms with Crippen LogP contribution in [0.4, 0.5) is 0 Å². The second-order valence-electron chi connectivity index (χ2n) is 3.21. The van der Waals surface area contributed by atoms with Gasteiger partial charge in [-0.15, -0.1) is 0 Å². The molecule has 0 aliphatic carbocycles. The van der Waals surface area contributed by atoms with Gasteiger partial charge in [0.15, 0.2) is 5.58 Å². The molecular weight excluding hydrogens is 192 g/mol. The maximum Gasteiger partial charge on any atom is 0.263 e. The van der Waals surface area contributed by atoms with Gasteiger partial charge < -0.3 is 4.42 Å². The number of nitrogens with zero attached hydrogens (tertiary/aromatic N) is 2. The third-order valence-electron chi connectivity index (χ3n) is 2.04. The van der Waals surface area contributed by atoms with Crippen molar-refractivity contribution in [3.63, 3.8) is 0 Å². The Hall–Kier alpha value is -2.15. The third kappa shape index (κ3) is 1.72. The topological polar surface area (TPSA) is 66.9 Å². The van der Waals surface area contributed by atoms with Crippen LogP contribution in [0.3, 0.4) is 0 Å². The first-order valence-corrected chi connectivity index (χ1v) is 4.48. The Morgan fingerprint density at radius 2 is 2.40 bits per heavy atom. The number of carbonyl (C=O) groups excluding carboxylic acids is 1. The van der Waals surface area contributed by atoms with E-state index < -0.39 is 0 Å². The molecule has 0 atom stereocenters. The van der Waals surface area contributed by atoms with Crippen LogP contribution in [0.25, 0.3) is 11.1 Å². The Labute approximate surface area is 86.1 Å². The molecule has 0 spiro atoms. The van der Waals surface area contributed by atoms with Crippen molar-refractivity contribution >= 4 is 16.9 Å². The van der Waals surface area contributed by atoms with Gasteiger partial charge in [0.25, 0.3) is 5.89 Å². The molecule has 0 N–H and O–H groups in total. The molecular formula is C11H8N2O2. The summed E-state index contributed by atoms with van der Waals surface area (Å²) in [5, 5.41) is 8.54. The minimum atomic E-state index is -0.201. The lowest BCUT2D eigenvalue weighted by molar-refractivity contribution is 0.0983. The van der Waals surface area contributed by atoms with Crippen LogP contribution in [-0.2, 0) is 6.42 Å². The number of aromatic nitrogens is 1. The van der Waals surface area contributed by atoms with Crippen LogP contribution in [0.2, 0.25) is 0 Å². The fourth-order valence-corrected chi connectivity index (χ4v) is 1.32. The zero-order valence-corrected chi connectivity index (χ0v) is 8.15. The monoisotopic (exact) mass is 200 g/mol. The standard InChI is InChI=1S/C11H8N2O2/c1-7(14)11-13-9-6-8(4-5-12)2-3-10(9)15-11/h2-3,6H,4H2,1H3. The molecule has 0 bridgehead atoms. The van der Waals surface area contributed by atoms with E-state index in [-0.39, 0.29) is 11.7 Å². The summed E-state index contributed by atoms with van der Waals surface area (Å²) in [6, 6.07) is 7.33. The second-order valence-corrected chi connectivity index (χ2v) is 3.21. The van der Waals surface area contributed by atoms with Crippen molar-refractivity contribution < 1.29 is 9.21 Å². The number of oxazole rings is 1. The lowest BCUT2D eigenvalue weighted by Crippen LogP contribution is -1.89. The minimum Gasteiger partial charge on any atom is -0.434 e. The van der Waals surface area contributed by atoms with Gasteiger partial charge in [0.2, 0.25) is 5.78 Å². The molecule has 15 heavy (non-hydrogen) atoms. The molecule has 2 rings (SSSR count). The van der Waals surface area contributed by atoms with Crippen molar-refractivity contribution in [3.8, 4) is 6.07 Å². The van der Waals surface area contributed by atoms with Gasteiger partial charge in [-0.1, -0.05) is 6.07 Å². The number of ketones is 1. The van der Waals surface area contributed by atoms with E-state index in [4.69, 9.17) is 9.68 Å². The summed E-state index contributed by atoms with van der Waals surface area (Å²) in [6.07, 6.45) is 0.332. The highest BCUT2D eigenvalue weighted by Gasteiger charge is 2.09. The molecule has 0 saturated carbocycles. The molecule has 0 aliphatic heterocycles. The van der Waals surface area contributed by atoms with Crippen LogP contribution in [0, 0.1) is 11.3 Å². The summed E-state index contributed by atoms with van der Waals surface area (Å²) in [6.45, 7) is 1.40. The molecule has 2 aromatic rings. The van der Waals surface area contributed by atoms with Gasteiger partial charge in [-0.25, -0.2) is 4.98 Å². The van der Waals surface area contributed by atoms with Crippen molar-refractivity contribution in [1.29, 1.82) is 5.26 Å². The number of hydrogen-bond donors (Lipinski definition) is 0. The number of nitriles is 1. The molecule has 1 aromatic carbocycles. The molecule has 0 fully saturated rings. The van der Waals surface area contributed by atoms with Crippen molar-refractivity contribution in [1.82, 2.24) is 4.98 Å². The van der Waals surface area contributed by atoms with Crippen molar-refractivity contribution in [2.24, 2.45) is 0 Å². The van der Waals surface area contributed by atoms with E-state index in [9.17, 15) is 4.79 Å². The number of carbonyl (C=O) groups is 1. The molecule has 0 aliphatic rings. The Morgan fingerprint density at radius 1 is 1.60 bits per heavy atom. The summed E-state index contributed by atoms with van der Waals surface area (Å²) in [7, 11) is 0. The summed E-state index contributed by atoms with van der Waals surface area (Å²) in [5.74, 6) is -0.0906. The van der Waals surface area contributed by atoms with Gasteiger partial charge in [0, 0.05) is 6.92 Å². The van der Waals surface area contributed by atoms with Crippen LogP contribution in [0.1, 0.15) is 23.2 Å². The number of benzene rings is 1. The van der Waals surface area contributed by atoms with Gasteiger partial charge in [0.1, 0.15) is 5.52 Å². The molecule has 0 saturated heterocycles. The summed E-state index contributed by atoms with van der Waals surface area (Å²) >= 11 is 0. The summed E-state index contributed by atoms with van der Waals surface area (Å²) in [4.78, 5) is 15.0. The van der Waals surface area contributed by atoms with E-state index >= 15 is 0 Å². The number of Topliss-reactive ketones (excluding diaryl/α,β-unsaturated/α-hetero) is 1. The number of fused-ring (bicyclic) bond motifs is 1. The van der Waals surface area contributed by atoms with Gasteiger partial charge in [-0.05, 0) is 17.7 Å². The summed E-state index contributed by atoms with van der Waals surface area (Å²) < 4.78 is 5.22. The molecule has 4 heteroatoms. The zero-order valence-electron chi connectivity index (χ0n) is 8.15. The van der Waals surface area contributed by atoms with Crippen molar-refractivity contribution in [2.45, 2.75) is 13.3 Å². The predicted octanol–water partition coefficient (Wildman–Crippen LogP) is 2.10. The fraction of sp³-hybridized carbons (Fsp3) is 0.182. The molecule has 0 unspecified atom stereocenters. The smallest absolute Gasteiger partial charge is 0.263 e. The second kappa shape index (κ2) is 3.54. The fourth-order valence-electron chi connectivity index (χ4n) is 1.32.